The molecule has 0 aliphatic heterocycles. The summed E-state index contributed by atoms with van der Waals surface area (Å²) < 4.78 is 5.54. The number of rotatable bonds is 8. The first-order valence-electron chi connectivity index (χ1n) is 6.84. The number of hydrogen-bond donors (Lipinski definition) is 4. The molecule has 0 unspecified atom stereocenters. The molecule has 6 nitrogen and oxygen atoms in total. The Kier molecular flexibility index (Phi) is 6.61. The Morgan fingerprint density at radius 1 is 1.24 bits per heavy atom. The van der Waals surface area contributed by atoms with E-state index in [0.29, 0.717) is 23.8 Å². The quantitative estimate of drug-likeness (QED) is 0.548. The van der Waals surface area contributed by atoms with Crippen LogP contribution in [-0.4, -0.2) is 53.2 Å². The number of benzene rings is 1. The van der Waals surface area contributed by atoms with E-state index in [9.17, 15) is 20.1 Å². The zero-order valence-corrected chi connectivity index (χ0v) is 12.4. The number of amides is 1. The van der Waals surface area contributed by atoms with E-state index < -0.39 is 31.3 Å². The Morgan fingerprint density at radius 3 is 2.38 bits per heavy atom. The minimum absolute atomic E-state index is 0.330. The number of ether oxygens (including phenoxy) is 1. The fourth-order valence-corrected chi connectivity index (χ4v) is 1.57. The van der Waals surface area contributed by atoms with Crippen LogP contribution < -0.4 is 10.1 Å². The van der Waals surface area contributed by atoms with Gasteiger partial charge in [-0.1, -0.05) is 19.9 Å². The third kappa shape index (κ3) is 5.00. The van der Waals surface area contributed by atoms with E-state index in [-0.39, 0.29) is 0 Å². The Labute approximate surface area is 124 Å². The molecule has 0 radical (unpaired) electrons. The van der Waals surface area contributed by atoms with E-state index in [1.165, 1.54) is 0 Å². The van der Waals surface area contributed by atoms with Crippen LogP contribution >= 0.6 is 0 Å². The van der Waals surface area contributed by atoms with E-state index in [1.54, 1.807) is 24.3 Å². The number of carbonyl (C=O) groups excluding carboxylic acids is 1. The largest absolute Gasteiger partial charge is 0.493 e. The van der Waals surface area contributed by atoms with Gasteiger partial charge in [0.05, 0.1) is 26.4 Å². The Hall–Kier alpha value is -1.63. The molecule has 0 atom stereocenters. The highest BCUT2D eigenvalue weighted by Gasteiger charge is 2.30. The van der Waals surface area contributed by atoms with Crippen LogP contribution in [-0.2, 0) is 0 Å². The molecule has 0 saturated carbocycles. The standard InChI is InChI=1S/C15H23NO5/c1-11(2)7-21-13-5-3-4-12(6-13)14(20)16-15(8-17,9-18)10-19/h3-6,11,17-19H,7-10H2,1-2H3,(H,16,20). The van der Waals surface area contributed by atoms with Crippen molar-refractivity contribution in [1.82, 2.24) is 5.32 Å². The van der Waals surface area contributed by atoms with Crippen molar-refractivity contribution < 1.29 is 24.9 Å². The first-order chi connectivity index (χ1) is 9.96. The van der Waals surface area contributed by atoms with Crippen LogP contribution in [0.3, 0.4) is 0 Å². The number of nitrogens with one attached hydrogen (secondary N) is 1. The highest BCUT2D eigenvalue weighted by Crippen LogP contribution is 2.15. The minimum atomic E-state index is -1.44. The molecule has 118 valence electrons. The number of carbonyl (C=O) groups is 1. The molecule has 1 amide bonds. The van der Waals surface area contributed by atoms with Gasteiger partial charge in [-0.2, -0.15) is 0 Å². The van der Waals surface area contributed by atoms with Crippen LogP contribution in [0.2, 0.25) is 0 Å². The van der Waals surface area contributed by atoms with Gasteiger partial charge in [-0.3, -0.25) is 4.79 Å². The second kappa shape index (κ2) is 7.97. The minimum Gasteiger partial charge on any atom is -0.493 e. The summed E-state index contributed by atoms with van der Waals surface area (Å²) in [5.74, 6) is 0.439. The second-order valence-electron chi connectivity index (χ2n) is 5.44. The van der Waals surface area contributed by atoms with E-state index in [1.807, 2.05) is 13.8 Å². The summed E-state index contributed by atoms with van der Waals surface area (Å²) in [4.78, 5) is 12.1. The van der Waals surface area contributed by atoms with Gasteiger partial charge in [0, 0.05) is 5.56 Å². The van der Waals surface area contributed by atoms with E-state index >= 15 is 0 Å². The van der Waals surface area contributed by atoms with Crippen molar-refractivity contribution in [1.29, 1.82) is 0 Å². The van der Waals surface area contributed by atoms with Gasteiger partial charge in [-0.25, -0.2) is 0 Å². The van der Waals surface area contributed by atoms with Gasteiger partial charge in [-0.05, 0) is 24.1 Å². The van der Waals surface area contributed by atoms with Gasteiger partial charge in [-0.15, -0.1) is 0 Å². The lowest BCUT2D eigenvalue weighted by atomic mass is 10.0. The fraction of sp³-hybridized carbons (Fsp3) is 0.533. The van der Waals surface area contributed by atoms with Crippen molar-refractivity contribution in [3.8, 4) is 5.75 Å². The highest BCUT2D eigenvalue weighted by molar-refractivity contribution is 5.95. The first-order valence-corrected chi connectivity index (χ1v) is 6.84. The molecule has 0 spiro atoms. The Bertz CT molecular complexity index is 449. The van der Waals surface area contributed by atoms with Gasteiger partial charge in [0.25, 0.3) is 5.91 Å². The summed E-state index contributed by atoms with van der Waals surface area (Å²) in [5, 5.41) is 30.1. The number of hydrogen-bond acceptors (Lipinski definition) is 5. The molecule has 1 rings (SSSR count). The van der Waals surface area contributed by atoms with Gasteiger partial charge < -0.3 is 25.4 Å². The maximum Gasteiger partial charge on any atom is 0.252 e. The molecule has 0 heterocycles. The number of aliphatic hydroxyl groups is 3. The van der Waals surface area contributed by atoms with Crippen LogP contribution in [0.25, 0.3) is 0 Å². The van der Waals surface area contributed by atoms with Crippen molar-refractivity contribution in [3.05, 3.63) is 29.8 Å². The zero-order chi connectivity index (χ0) is 15.9. The van der Waals surface area contributed by atoms with E-state index in [4.69, 9.17) is 4.74 Å². The van der Waals surface area contributed by atoms with Crippen LogP contribution in [0.15, 0.2) is 24.3 Å². The summed E-state index contributed by atoms with van der Waals surface area (Å²) in [6.07, 6.45) is 0. The van der Waals surface area contributed by atoms with Gasteiger partial charge in [0.1, 0.15) is 11.3 Å². The van der Waals surface area contributed by atoms with Crippen molar-refractivity contribution in [2.45, 2.75) is 19.4 Å². The molecule has 0 fully saturated rings. The molecular weight excluding hydrogens is 274 g/mol. The lowest BCUT2D eigenvalue weighted by Crippen LogP contribution is -2.57. The smallest absolute Gasteiger partial charge is 0.252 e. The van der Waals surface area contributed by atoms with E-state index in [2.05, 4.69) is 5.32 Å². The molecular formula is C15H23NO5. The summed E-state index contributed by atoms with van der Waals surface area (Å²) in [6, 6.07) is 6.60. The fourth-order valence-electron chi connectivity index (χ4n) is 1.57. The Morgan fingerprint density at radius 2 is 1.86 bits per heavy atom. The molecule has 21 heavy (non-hydrogen) atoms. The third-order valence-electron chi connectivity index (χ3n) is 2.97. The highest BCUT2D eigenvalue weighted by atomic mass is 16.5. The summed E-state index contributed by atoms with van der Waals surface area (Å²) in [5.41, 5.74) is -1.11. The number of aliphatic hydroxyl groups excluding tert-OH is 3. The lowest BCUT2D eigenvalue weighted by molar-refractivity contribution is 0.0375. The molecule has 0 saturated heterocycles. The molecule has 1 aromatic carbocycles. The van der Waals surface area contributed by atoms with Crippen molar-refractivity contribution in [2.24, 2.45) is 5.92 Å². The van der Waals surface area contributed by atoms with Crippen LogP contribution in [0.1, 0.15) is 24.2 Å². The molecule has 0 aliphatic rings. The van der Waals surface area contributed by atoms with Gasteiger partial charge in [0.15, 0.2) is 0 Å². The predicted molar refractivity (Wildman–Crippen MR) is 78.2 cm³/mol. The normalized spacial score (nSPS) is 11.5. The maximum atomic E-state index is 12.1. The summed E-state index contributed by atoms with van der Waals surface area (Å²) >= 11 is 0. The van der Waals surface area contributed by atoms with Crippen LogP contribution in [0.5, 0.6) is 5.75 Å². The molecule has 0 aliphatic carbocycles. The third-order valence-corrected chi connectivity index (χ3v) is 2.97. The topological polar surface area (TPSA) is 99.0 Å². The monoisotopic (exact) mass is 297 g/mol. The van der Waals surface area contributed by atoms with Crippen molar-refractivity contribution >= 4 is 5.91 Å². The second-order valence-corrected chi connectivity index (χ2v) is 5.44. The zero-order valence-electron chi connectivity index (χ0n) is 12.4. The maximum absolute atomic E-state index is 12.1. The Balaban J connectivity index is 2.80. The summed E-state index contributed by atoms with van der Waals surface area (Å²) in [6.45, 7) is 2.90. The first kappa shape index (κ1) is 17.4. The van der Waals surface area contributed by atoms with Crippen molar-refractivity contribution in [2.75, 3.05) is 26.4 Å². The van der Waals surface area contributed by atoms with E-state index in [0.717, 1.165) is 0 Å². The van der Waals surface area contributed by atoms with Crippen LogP contribution in [0.4, 0.5) is 0 Å². The molecule has 4 N–H and O–H groups in total. The average Bonchev–Trinajstić information content (AvgIpc) is 2.51. The molecule has 0 aromatic heterocycles. The average molecular weight is 297 g/mol. The molecule has 0 bridgehead atoms. The van der Waals surface area contributed by atoms with Crippen LogP contribution in [0, 0.1) is 5.92 Å². The van der Waals surface area contributed by atoms with Gasteiger partial charge >= 0.3 is 0 Å². The SMILES string of the molecule is CC(C)COc1cccc(C(=O)NC(CO)(CO)CO)c1. The lowest BCUT2D eigenvalue weighted by Gasteiger charge is -2.28. The predicted octanol–water partition coefficient (Wildman–Crippen LogP) is 0.167. The van der Waals surface area contributed by atoms with Gasteiger partial charge in [0.2, 0.25) is 0 Å². The summed E-state index contributed by atoms with van der Waals surface area (Å²) in [7, 11) is 0. The van der Waals surface area contributed by atoms with Crippen molar-refractivity contribution in [3.63, 3.8) is 0 Å². The molecule has 1 aromatic rings. The molecule has 6 heteroatoms.